The maximum atomic E-state index is 13.0. The fraction of sp³-hybridized carbons (Fsp3) is 0.0833. The van der Waals surface area contributed by atoms with Crippen molar-refractivity contribution in [3.8, 4) is 0 Å². The van der Waals surface area contributed by atoms with Gasteiger partial charge < -0.3 is 10.0 Å². The molecule has 0 spiro atoms. The summed E-state index contributed by atoms with van der Waals surface area (Å²) in [6.07, 6.45) is 0. The van der Waals surface area contributed by atoms with Gasteiger partial charge in [0.2, 0.25) is 0 Å². The van der Waals surface area contributed by atoms with Gasteiger partial charge in [0.25, 0.3) is 11.7 Å². The van der Waals surface area contributed by atoms with E-state index in [1.54, 1.807) is 24.3 Å². The molecular formula is C24H17BrClNO3. The van der Waals surface area contributed by atoms with Crippen molar-refractivity contribution in [2.24, 2.45) is 0 Å². The van der Waals surface area contributed by atoms with Gasteiger partial charge in [0.1, 0.15) is 5.76 Å². The Kier molecular flexibility index (Phi) is 5.75. The molecule has 1 aliphatic rings. The lowest BCUT2D eigenvalue weighted by atomic mass is 9.95. The molecule has 1 heterocycles. The lowest BCUT2D eigenvalue weighted by Gasteiger charge is -2.25. The number of aliphatic hydroxyl groups is 1. The summed E-state index contributed by atoms with van der Waals surface area (Å²) in [5, 5.41) is 11.5. The summed E-state index contributed by atoms with van der Waals surface area (Å²) >= 11 is 9.36. The third-order valence-electron chi connectivity index (χ3n) is 5.04. The van der Waals surface area contributed by atoms with E-state index in [4.69, 9.17) is 11.6 Å². The first kappa shape index (κ1) is 20.4. The summed E-state index contributed by atoms with van der Waals surface area (Å²) < 4.78 is 0.879. The first-order valence-corrected chi connectivity index (χ1v) is 10.5. The number of carbonyl (C=O) groups excluding carboxylic acids is 2. The molecule has 3 aromatic carbocycles. The van der Waals surface area contributed by atoms with Crippen molar-refractivity contribution in [2.75, 3.05) is 0 Å². The number of likely N-dealkylation sites (tertiary alicyclic amines) is 1. The van der Waals surface area contributed by atoms with Crippen LogP contribution in [0.25, 0.3) is 5.76 Å². The van der Waals surface area contributed by atoms with Crippen LogP contribution in [0.2, 0.25) is 5.02 Å². The Bertz CT molecular complexity index is 1130. The van der Waals surface area contributed by atoms with Crippen LogP contribution in [0.1, 0.15) is 22.7 Å². The van der Waals surface area contributed by atoms with Crippen LogP contribution in [0.5, 0.6) is 0 Å². The predicted molar refractivity (Wildman–Crippen MR) is 120 cm³/mol. The molecule has 0 aliphatic carbocycles. The van der Waals surface area contributed by atoms with E-state index in [2.05, 4.69) is 15.9 Å². The number of ketones is 1. The molecule has 1 aliphatic heterocycles. The van der Waals surface area contributed by atoms with E-state index in [1.807, 2.05) is 54.6 Å². The summed E-state index contributed by atoms with van der Waals surface area (Å²) in [4.78, 5) is 27.5. The normalized spacial score (nSPS) is 18.1. The molecule has 0 radical (unpaired) electrons. The highest BCUT2D eigenvalue weighted by molar-refractivity contribution is 9.10. The van der Waals surface area contributed by atoms with Crippen molar-refractivity contribution in [2.45, 2.75) is 12.6 Å². The molecule has 1 unspecified atom stereocenters. The first-order valence-electron chi connectivity index (χ1n) is 9.29. The van der Waals surface area contributed by atoms with Gasteiger partial charge in [0.05, 0.1) is 11.6 Å². The highest BCUT2D eigenvalue weighted by Crippen LogP contribution is 2.40. The van der Waals surface area contributed by atoms with Crippen LogP contribution in [0.3, 0.4) is 0 Å². The van der Waals surface area contributed by atoms with Crippen LogP contribution in [-0.2, 0) is 16.1 Å². The Hall–Kier alpha value is -2.89. The van der Waals surface area contributed by atoms with E-state index in [0.29, 0.717) is 10.6 Å². The summed E-state index contributed by atoms with van der Waals surface area (Å²) in [5.74, 6) is -1.55. The van der Waals surface area contributed by atoms with Crippen molar-refractivity contribution in [1.29, 1.82) is 0 Å². The molecule has 0 aromatic heterocycles. The Balaban J connectivity index is 1.85. The topological polar surface area (TPSA) is 57.6 Å². The average Bonchev–Trinajstić information content (AvgIpc) is 3.00. The first-order chi connectivity index (χ1) is 14.5. The van der Waals surface area contributed by atoms with Crippen molar-refractivity contribution >= 4 is 45.0 Å². The third kappa shape index (κ3) is 3.91. The van der Waals surface area contributed by atoms with Gasteiger partial charge in [-0.25, -0.2) is 0 Å². The van der Waals surface area contributed by atoms with Crippen LogP contribution in [0.4, 0.5) is 0 Å². The lowest BCUT2D eigenvalue weighted by Crippen LogP contribution is -2.29. The fourth-order valence-corrected chi connectivity index (χ4v) is 3.97. The molecule has 4 rings (SSSR count). The van der Waals surface area contributed by atoms with Crippen molar-refractivity contribution in [3.63, 3.8) is 0 Å². The van der Waals surface area contributed by atoms with Crippen molar-refractivity contribution in [1.82, 2.24) is 4.90 Å². The smallest absolute Gasteiger partial charge is 0.295 e. The van der Waals surface area contributed by atoms with E-state index in [-0.39, 0.29) is 17.9 Å². The minimum atomic E-state index is -0.703. The number of nitrogens with zero attached hydrogens (tertiary/aromatic N) is 1. The molecule has 30 heavy (non-hydrogen) atoms. The summed E-state index contributed by atoms with van der Waals surface area (Å²) in [6, 6.07) is 22.6. The number of amides is 1. The standard InChI is InChI=1S/C24H17BrClNO3/c25-18-10-6-16(7-11-18)21-20(22(28)17-8-12-19(26)13-9-17)23(29)24(30)27(21)14-15-4-2-1-3-5-15/h1-13,21,28H,14H2. The Morgan fingerprint density at radius 2 is 1.57 bits per heavy atom. The second-order valence-corrected chi connectivity index (χ2v) is 8.32. The van der Waals surface area contributed by atoms with Gasteiger partial charge in [-0.2, -0.15) is 0 Å². The van der Waals surface area contributed by atoms with Crippen molar-refractivity contribution < 1.29 is 14.7 Å². The number of carbonyl (C=O) groups is 2. The minimum Gasteiger partial charge on any atom is -0.507 e. The van der Waals surface area contributed by atoms with Crippen molar-refractivity contribution in [3.05, 3.63) is 111 Å². The highest BCUT2D eigenvalue weighted by Gasteiger charge is 2.46. The zero-order valence-corrected chi connectivity index (χ0v) is 18.1. The molecule has 1 fully saturated rings. The molecule has 1 amide bonds. The highest BCUT2D eigenvalue weighted by atomic mass is 79.9. The number of Topliss-reactive ketones (excluding diaryl/α,β-unsaturated/α-hetero) is 1. The van der Waals surface area contributed by atoms with Crippen LogP contribution < -0.4 is 0 Å². The number of aliphatic hydroxyl groups excluding tert-OH is 1. The summed E-state index contributed by atoms with van der Waals surface area (Å²) in [7, 11) is 0. The zero-order chi connectivity index (χ0) is 21.3. The monoisotopic (exact) mass is 481 g/mol. The SMILES string of the molecule is O=C1C(=O)N(Cc2ccccc2)C(c2ccc(Br)cc2)C1=C(O)c1ccc(Cl)cc1. The van der Waals surface area contributed by atoms with Gasteiger partial charge >= 0.3 is 0 Å². The van der Waals surface area contributed by atoms with E-state index < -0.39 is 17.7 Å². The second kappa shape index (κ2) is 8.46. The molecule has 4 nitrogen and oxygen atoms in total. The van der Waals surface area contributed by atoms with Crippen LogP contribution in [-0.4, -0.2) is 21.7 Å². The summed E-state index contributed by atoms with van der Waals surface area (Å²) in [6.45, 7) is 0.254. The van der Waals surface area contributed by atoms with Gasteiger partial charge in [0, 0.05) is 21.6 Å². The second-order valence-electron chi connectivity index (χ2n) is 6.97. The molecule has 1 saturated heterocycles. The number of benzene rings is 3. The molecule has 150 valence electrons. The quantitative estimate of drug-likeness (QED) is 0.294. The number of hydrogen-bond donors (Lipinski definition) is 1. The molecule has 3 aromatic rings. The Labute approximate surface area is 187 Å². The van der Waals surface area contributed by atoms with E-state index in [0.717, 1.165) is 15.6 Å². The lowest BCUT2D eigenvalue weighted by molar-refractivity contribution is -0.140. The van der Waals surface area contributed by atoms with Gasteiger partial charge in [0.15, 0.2) is 0 Å². The van der Waals surface area contributed by atoms with E-state index >= 15 is 0 Å². The van der Waals surface area contributed by atoms with Gasteiger partial charge in [-0.1, -0.05) is 70.0 Å². The average molecular weight is 483 g/mol. The van der Waals surface area contributed by atoms with Gasteiger partial charge in [-0.3, -0.25) is 9.59 Å². The zero-order valence-electron chi connectivity index (χ0n) is 15.8. The molecule has 1 N–H and O–H groups in total. The minimum absolute atomic E-state index is 0.0700. The number of halogens is 2. The molecule has 0 bridgehead atoms. The van der Waals surface area contributed by atoms with Gasteiger partial charge in [-0.05, 0) is 47.5 Å². The Morgan fingerprint density at radius 3 is 2.20 bits per heavy atom. The van der Waals surface area contributed by atoms with Gasteiger partial charge in [-0.15, -0.1) is 0 Å². The van der Waals surface area contributed by atoms with Crippen LogP contribution in [0.15, 0.2) is 88.9 Å². The maximum Gasteiger partial charge on any atom is 0.295 e. The molecular weight excluding hydrogens is 466 g/mol. The Morgan fingerprint density at radius 1 is 0.933 bits per heavy atom. The molecule has 1 atom stereocenters. The van der Waals surface area contributed by atoms with E-state index in [9.17, 15) is 14.7 Å². The molecule has 0 saturated carbocycles. The van der Waals surface area contributed by atoms with E-state index in [1.165, 1.54) is 4.90 Å². The number of hydrogen-bond acceptors (Lipinski definition) is 3. The predicted octanol–water partition coefficient (Wildman–Crippen LogP) is 5.72. The molecule has 6 heteroatoms. The number of rotatable bonds is 4. The largest absolute Gasteiger partial charge is 0.507 e. The summed E-state index contributed by atoms with van der Waals surface area (Å²) in [5.41, 5.74) is 2.14. The maximum absolute atomic E-state index is 13.0. The van der Waals surface area contributed by atoms with Crippen LogP contribution in [0, 0.1) is 0 Å². The van der Waals surface area contributed by atoms with Crippen LogP contribution >= 0.6 is 27.5 Å². The third-order valence-corrected chi connectivity index (χ3v) is 5.82. The fourth-order valence-electron chi connectivity index (χ4n) is 3.58.